The molecule has 0 aliphatic heterocycles. The lowest BCUT2D eigenvalue weighted by Gasteiger charge is -2.09. The number of rotatable bonds is 11. The first kappa shape index (κ1) is 16.1. The van der Waals surface area contributed by atoms with Crippen molar-refractivity contribution in [3.8, 4) is 0 Å². The Labute approximate surface area is 115 Å². The fourth-order valence-electron chi connectivity index (χ4n) is 1.79. The molecule has 108 valence electrons. The minimum Gasteiger partial charge on any atom is -0.382 e. The van der Waals surface area contributed by atoms with Gasteiger partial charge >= 0.3 is 0 Å². The number of hydrogen-bond acceptors (Lipinski definition) is 4. The van der Waals surface area contributed by atoms with E-state index in [0.29, 0.717) is 39.6 Å². The molecule has 0 saturated heterocycles. The van der Waals surface area contributed by atoms with Crippen LogP contribution >= 0.6 is 0 Å². The molecular weight excluding hydrogens is 242 g/mol. The third-order valence-electron chi connectivity index (χ3n) is 2.80. The van der Waals surface area contributed by atoms with Crippen LogP contribution in [-0.4, -0.2) is 40.1 Å². The maximum Gasteiger partial charge on any atom is 0.0719 e. The van der Waals surface area contributed by atoms with Crippen molar-refractivity contribution in [2.45, 2.75) is 19.4 Å². The van der Waals surface area contributed by atoms with Gasteiger partial charge in [0.2, 0.25) is 0 Å². The van der Waals surface area contributed by atoms with Crippen LogP contribution in [0.25, 0.3) is 0 Å². The van der Waals surface area contributed by atoms with Crippen molar-refractivity contribution in [3.05, 3.63) is 35.4 Å². The third-order valence-corrected chi connectivity index (χ3v) is 2.80. The highest BCUT2D eigenvalue weighted by Gasteiger charge is 2.00. The number of hydrogen-bond donors (Lipinski definition) is 1. The van der Waals surface area contributed by atoms with E-state index in [0.717, 1.165) is 12.8 Å². The van der Waals surface area contributed by atoms with Crippen LogP contribution < -0.4 is 5.73 Å². The second-order valence-corrected chi connectivity index (χ2v) is 4.32. The number of nitrogens with two attached hydrogens (primary N) is 1. The Balaban J connectivity index is 2.12. The molecule has 0 heterocycles. The molecule has 1 aromatic carbocycles. The van der Waals surface area contributed by atoms with Crippen molar-refractivity contribution in [1.29, 1.82) is 0 Å². The van der Waals surface area contributed by atoms with E-state index in [2.05, 4.69) is 12.1 Å². The molecule has 0 aliphatic rings. The van der Waals surface area contributed by atoms with E-state index >= 15 is 0 Å². The summed E-state index contributed by atoms with van der Waals surface area (Å²) in [5, 5.41) is 0. The molecule has 2 N–H and O–H groups in total. The number of methoxy groups -OCH3 is 1. The Bertz CT molecular complexity index is 331. The molecule has 1 aromatic rings. The molecule has 0 saturated carbocycles. The highest BCUT2D eigenvalue weighted by molar-refractivity contribution is 5.26. The molecule has 19 heavy (non-hydrogen) atoms. The second kappa shape index (κ2) is 10.9. The van der Waals surface area contributed by atoms with E-state index in [4.69, 9.17) is 19.9 Å². The van der Waals surface area contributed by atoms with Crippen LogP contribution in [0.15, 0.2) is 24.3 Å². The van der Waals surface area contributed by atoms with Crippen molar-refractivity contribution in [2.75, 3.05) is 40.1 Å². The normalized spacial score (nSPS) is 10.8. The van der Waals surface area contributed by atoms with Gasteiger partial charge in [0.1, 0.15) is 0 Å². The summed E-state index contributed by atoms with van der Waals surface area (Å²) < 4.78 is 15.9. The van der Waals surface area contributed by atoms with Crippen molar-refractivity contribution in [1.82, 2.24) is 0 Å². The highest BCUT2D eigenvalue weighted by atomic mass is 16.5. The summed E-state index contributed by atoms with van der Waals surface area (Å²) in [4.78, 5) is 0. The van der Waals surface area contributed by atoms with Crippen molar-refractivity contribution >= 4 is 0 Å². The van der Waals surface area contributed by atoms with Crippen LogP contribution in [0, 0.1) is 0 Å². The fraction of sp³-hybridized carbons (Fsp3) is 0.600. The summed E-state index contributed by atoms with van der Waals surface area (Å²) in [7, 11) is 1.67. The van der Waals surface area contributed by atoms with Gasteiger partial charge in [0.25, 0.3) is 0 Å². The summed E-state index contributed by atoms with van der Waals surface area (Å²) in [5.41, 5.74) is 8.11. The minimum atomic E-state index is 0.646. The molecule has 4 nitrogen and oxygen atoms in total. The molecule has 0 unspecified atom stereocenters. The fourth-order valence-corrected chi connectivity index (χ4v) is 1.79. The van der Waals surface area contributed by atoms with Gasteiger partial charge in [-0.15, -0.1) is 0 Å². The van der Waals surface area contributed by atoms with Crippen LogP contribution in [0.2, 0.25) is 0 Å². The lowest BCUT2D eigenvalue weighted by molar-refractivity contribution is 0.0482. The Morgan fingerprint density at radius 1 is 0.947 bits per heavy atom. The predicted molar refractivity (Wildman–Crippen MR) is 76.2 cm³/mol. The Hall–Kier alpha value is -0.940. The van der Waals surface area contributed by atoms with Crippen molar-refractivity contribution in [2.24, 2.45) is 5.73 Å². The van der Waals surface area contributed by atoms with Crippen LogP contribution in [0.3, 0.4) is 0 Å². The molecular formula is C15H25NO3. The molecule has 4 heteroatoms. The first-order chi connectivity index (χ1) is 9.38. The first-order valence-corrected chi connectivity index (χ1v) is 6.79. The first-order valence-electron chi connectivity index (χ1n) is 6.79. The second-order valence-electron chi connectivity index (χ2n) is 4.32. The van der Waals surface area contributed by atoms with E-state index < -0.39 is 0 Å². The van der Waals surface area contributed by atoms with Gasteiger partial charge in [-0.1, -0.05) is 24.3 Å². The summed E-state index contributed by atoms with van der Waals surface area (Å²) in [6.45, 7) is 4.04. The van der Waals surface area contributed by atoms with E-state index in [-0.39, 0.29) is 0 Å². The highest BCUT2D eigenvalue weighted by Crippen LogP contribution is 2.10. The van der Waals surface area contributed by atoms with Gasteiger partial charge in [-0.25, -0.2) is 0 Å². The van der Waals surface area contributed by atoms with Gasteiger partial charge in [0.15, 0.2) is 0 Å². The van der Waals surface area contributed by atoms with E-state index in [9.17, 15) is 0 Å². The van der Waals surface area contributed by atoms with Gasteiger partial charge < -0.3 is 19.9 Å². The summed E-state index contributed by atoms with van der Waals surface area (Å²) >= 11 is 0. The molecule has 1 rings (SSSR count). The van der Waals surface area contributed by atoms with E-state index in [1.54, 1.807) is 7.11 Å². The quantitative estimate of drug-likeness (QED) is 0.621. The Morgan fingerprint density at radius 3 is 2.42 bits per heavy atom. The zero-order chi connectivity index (χ0) is 13.8. The molecule has 0 aliphatic carbocycles. The molecule has 0 spiro atoms. The lowest BCUT2D eigenvalue weighted by Crippen LogP contribution is -2.08. The average molecular weight is 267 g/mol. The summed E-state index contributed by atoms with van der Waals surface area (Å²) in [6, 6.07) is 8.28. The Kier molecular flexibility index (Phi) is 9.27. The molecule has 0 bridgehead atoms. The van der Waals surface area contributed by atoms with Crippen molar-refractivity contribution < 1.29 is 14.2 Å². The van der Waals surface area contributed by atoms with E-state index in [1.165, 1.54) is 11.1 Å². The minimum absolute atomic E-state index is 0.646. The number of ether oxygens (including phenoxy) is 3. The summed E-state index contributed by atoms with van der Waals surface area (Å²) in [6.07, 6.45) is 1.81. The smallest absolute Gasteiger partial charge is 0.0719 e. The topological polar surface area (TPSA) is 53.7 Å². The third kappa shape index (κ3) is 7.28. The molecule has 0 fully saturated rings. The zero-order valence-corrected chi connectivity index (χ0v) is 11.8. The Morgan fingerprint density at radius 2 is 1.68 bits per heavy atom. The van der Waals surface area contributed by atoms with Crippen molar-refractivity contribution in [3.63, 3.8) is 0 Å². The average Bonchev–Trinajstić information content (AvgIpc) is 2.44. The van der Waals surface area contributed by atoms with Gasteiger partial charge in [0, 0.05) is 20.3 Å². The van der Waals surface area contributed by atoms with Crippen LogP contribution in [0.1, 0.15) is 17.5 Å². The van der Waals surface area contributed by atoms with Crippen LogP contribution in [0.4, 0.5) is 0 Å². The molecule has 0 radical (unpaired) electrons. The lowest BCUT2D eigenvalue weighted by atomic mass is 10.1. The molecule has 0 aromatic heterocycles. The summed E-state index contributed by atoms with van der Waals surface area (Å²) in [5.74, 6) is 0. The molecule has 0 amide bonds. The van der Waals surface area contributed by atoms with Gasteiger partial charge in [0.05, 0.1) is 19.8 Å². The monoisotopic (exact) mass is 267 g/mol. The van der Waals surface area contributed by atoms with Crippen LogP contribution in [-0.2, 0) is 27.2 Å². The zero-order valence-electron chi connectivity index (χ0n) is 11.8. The molecule has 0 atom stereocenters. The maximum absolute atomic E-state index is 5.66. The number of benzene rings is 1. The maximum atomic E-state index is 5.66. The van der Waals surface area contributed by atoms with E-state index in [1.807, 2.05) is 12.1 Å². The predicted octanol–water partition coefficient (Wildman–Crippen LogP) is 1.76. The standard InChI is InChI=1S/C15H25NO3/c1-17-11-12-18-9-4-10-19-13-15-6-3-2-5-14(15)7-8-16/h2-3,5-6H,4,7-13,16H2,1H3. The van der Waals surface area contributed by atoms with Crippen LogP contribution in [0.5, 0.6) is 0 Å². The van der Waals surface area contributed by atoms with Gasteiger partial charge in [-0.05, 0) is 30.5 Å². The van der Waals surface area contributed by atoms with Gasteiger partial charge in [-0.3, -0.25) is 0 Å². The van der Waals surface area contributed by atoms with Gasteiger partial charge in [-0.2, -0.15) is 0 Å². The largest absolute Gasteiger partial charge is 0.382 e. The SMILES string of the molecule is COCCOCCCOCc1ccccc1CCN.